The molecule has 8 nitrogen and oxygen atoms in total. The Morgan fingerprint density at radius 2 is 1.06 bits per heavy atom. The molecule has 0 aromatic rings. The van der Waals surface area contributed by atoms with Crippen LogP contribution in [0.5, 0.6) is 0 Å². The monoisotopic (exact) mass is 483 g/mol. The predicted octanol–water partition coefficient (Wildman–Crippen LogP) is 3.00. The number of sulfonamides is 1. The molecule has 32 heavy (non-hydrogen) atoms. The van der Waals surface area contributed by atoms with Crippen molar-refractivity contribution >= 4 is 10.0 Å². The first kappa shape index (κ1) is 31.7. The fourth-order valence-electron chi connectivity index (χ4n) is 3.96. The minimum absolute atomic E-state index is 0. The molecule has 3 aliphatic rings. The van der Waals surface area contributed by atoms with E-state index in [1.807, 2.05) is 6.92 Å². The van der Waals surface area contributed by atoms with Gasteiger partial charge in [-0.2, -0.15) is 0 Å². The third kappa shape index (κ3) is 15.5. The maximum absolute atomic E-state index is 10.8. The highest BCUT2D eigenvalue weighted by molar-refractivity contribution is 7.88. The van der Waals surface area contributed by atoms with Gasteiger partial charge in [-0.15, -0.1) is 0 Å². The first-order valence-corrected chi connectivity index (χ1v) is 13.6. The van der Waals surface area contributed by atoms with Gasteiger partial charge in [0.25, 0.3) is 0 Å². The lowest BCUT2D eigenvalue weighted by atomic mass is 10.1. The summed E-state index contributed by atoms with van der Waals surface area (Å²) in [6, 6.07) is 0. The summed E-state index contributed by atoms with van der Waals surface area (Å²) in [5.74, 6) is 0. The second kappa shape index (κ2) is 17.2. The molecule has 0 aromatic heterocycles. The van der Waals surface area contributed by atoms with Gasteiger partial charge in [0.1, 0.15) is 0 Å². The highest BCUT2D eigenvalue weighted by Crippen LogP contribution is 2.19. The molecule has 194 valence electrons. The predicted molar refractivity (Wildman–Crippen MR) is 128 cm³/mol. The Balaban J connectivity index is 0.000000455. The average Bonchev–Trinajstić information content (AvgIpc) is 2.73. The molecule has 3 rings (SSSR count). The molecule has 6 unspecified atom stereocenters. The third-order valence-electron chi connectivity index (χ3n) is 5.66. The molecule has 3 fully saturated rings. The average molecular weight is 484 g/mol. The summed E-state index contributed by atoms with van der Waals surface area (Å²) in [5.41, 5.74) is 0. The van der Waals surface area contributed by atoms with Crippen molar-refractivity contribution in [2.75, 3.05) is 26.0 Å². The first-order chi connectivity index (χ1) is 14.6. The van der Waals surface area contributed by atoms with Gasteiger partial charge in [-0.1, -0.05) is 7.43 Å². The van der Waals surface area contributed by atoms with Gasteiger partial charge in [0.05, 0.1) is 56.1 Å². The van der Waals surface area contributed by atoms with Gasteiger partial charge in [-0.05, 0) is 78.6 Å². The Labute approximate surface area is 196 Å². The van der Waals surface area contributed by atoms with Crippen LogP contribution in [0.25, 0.3) is 0 Å². The van der Waals surface area contributed by atoms with Crippen LogP contribution in [0.4, 0.5) is 0 Å². The summed E-state index contributed by atoms with van der Waals surface area (Å²) in [4.78, 5) is 0. The van der Waals surface area contributed by atoms with E-state index in [9.17, 15) is 8.42 Å². The fraction of sp³-hybridized carbons (Fsp3) is 1.00. The fourth-order valence-corrected chi connectivity index (χ4v) is 4.44. The summed E-state index contributed by atoms with van der Waals surface area (Å²) < 4.78 is 40.4. The van der Waals surface area contributed by atoms with Crippen molar-refractivity contribution in [3.05, 3.63) is 0 Å². The molecule has 3 aliphatic heterocycles. The van der Waals surface area contributed by atoms with E-state index in [0.717, 1.165) is 44.9 Å². The Bertz CT molecular complexity index is 539. The second-order valence-corrected chi connectivity index (χ2v) is 10.8. The quantitative estimate of drug-likeness (QED) is 0.551. The van der Waals surface area contributed by atoms with E-state index >= 15 is 0 Å². The van der Waals surface area contributed by atoms with Crippen LogP contribution in [0.3, 0.4) is 0 Å². The molecule has 0 aromatic carbocycles. The van der Waals surface area contributed by atoms with Crippen molar-refractivity contribution in [2.24, 2.45) is 0 Å². The number of aliphatic hydroxyl groups is 2. The van der Waals surface area contributed by atoms with Crippen molar-refractivity contribution in [2.45, 2.75) is 123 Å². The highest BCUT2D eigenvalue weighted by Gasteiger charge is 2.20. The smallest absolute Gasteiger partial charge is 0.208 e. The Hall–Kier alpha value is -0.290. The molecular weight excluding hydrogens is 434 g/mol. The van der Waals surface area contributed by atoms with Gasteiger partial charge >= 0.3 is 0 Å². The van der Waals surface area contributed by atoms with E-state index in [4.69, 9.17) is 24.4 Å². The number of hydrogen-bond acceptors (Lipinski definition) is 7. The number of rotatable bonds is 5. The maximum atomic E-state index is 10.8. The lowest BCUT2D eigenvalue weighted by Crippen LogP contribution is -2.37. The van der Waals surface area contributed by atoms with Crippen LogP contribution >= 0.6 is 0 Å². The molecule has 0 radical (unpaired) electrons. The van der Waals surface area contributed by atoms with E-state index in [1.54, 1.807) is 0 Å². The zero-order chi connectivity index (χ0) is 23.3. The zero-order valence-corrected chi connectivity index (χ0v) is 20.6. The normalized spacial score (nSPS) is 32.9. The van der Waals surface area contributed by atoms with Gasteiger partial charge in [0, 0.05) is 6.54 Å². The number of hydrogen-bond donors (Lipinski definition) is 3. The van der Waals surface area contributed by atoms with Crippen LogP contribution in [0.1, 0.15) is 86.0 Å². The van der Waals surface area contributed by atoms with Crippen LogP contribution in [-0.4, -0.2) is 81.3 Å². The lowest BCUT2D eigenvalue weighted by Gasteiger charge is -2.27. The molecule has 9 heteroatoms. The largest absolute Gasteiger partial charge is 0.394 e. The van der Waals surface area contributed by atoms with Crippen LogP contribution in [0.15, 0.2) is 0 Å². The number of nitrogens with one attached hydrogen (secondary N) is 1. The molecule has 0 aliphatic carbocycles. The van der Waals surface area contributed by atoms with Crippen LogP contribution in [-0.2, 0) is 24.2 Å². The zero-order valence-electron chi connectivity index (χ0n) is 19.8. The van der Waals surface area contributed by atoms with E-state index in [0.29, 0.717) is 18.8 Å². The van der Waals surface area contributed by atoms with Gasteiger partial charge in [-0.25, -0.2) is 13.1 Å². The van der Waals surface area contributed by atoms with E-state index in [1.165, 1.54) is 19.1 Å². The highest BCUT2D eigenvalue weighted by atomic mass is 32.2. The molecule has 0 spiro atoms. The van der Waals surface area contributed by atoms with Crippen molar-refractivity contribution in [1.82, 2.24) is 4.72 Å². The SMILES string of the molecule is C.CC1CCCC(CNS(C)(=O)=O)O1.CC1CCCC(CO)O1.CC1CCCC(CO)O1. The first-order valence-electron chi connectivity index (χ1n) is 11.8. The van der Waals surface area contributed by atoms with Crippen molar-refractivity contribution in [3.63, 3.8) is 0 Å². The second-order valence-electron chi connectivity index (χ2n) is 8.98. The van der Waals surface area contributed by atoms with Crippen molar-refractivity contribution < 1.29 is 32.8 Å². The third-order valence-corrected chi connectivity index (χ3v) is 6.36. The van der Waals surface area contributed by atoms with E-state index in [2.05, 4.69) is 18.6 Å². The Kier molecular flexibility index (Phi) is 17.0. The molecule has 3 N–H and O–H groups in total. The summed E-state index contributed by atoms with van der Waals surface area (Å²) in [6.07, 6.45) is 12.3. The van der Waals surface area contributed by atoms with E-state index < -0.39 is 10.0 Å². The molecule has 0 amide bonds. The van der Waals surface area contributed by atoms with Crippen LogP contribution < -0.4 is 4.72 Å². The summed E-state index contributed by atoms with van der Waals surface area (Å²) in [5, 5.41) is 17.4. The van der Waals surface area contributed by atoms with E-state index in [-0.39, 0.29) is 45.1 Å². The summed E-state index contributed by atoms with van der Waals surface area (Å²) in [7, 11) is -3.07. The van der Waals surface area contributed by atoms with Gasteiger partial charge in [-0.3, -0.25) is 0 Å². The Morgan fingerprint density at radius 1 is 0.719 bits per heavy atom. The topological polar surface area (TPSA) is 114 Å². The molecule has 0 bridgehead atoms. The molecule has 3 saturated heterocycles. The summed E-state index contributed by atoms with van der Waals surface area (Å²) in [6.45, 7) is 6.91. The number of ether oxygens (including phenoxy) is 3. The van der Waals surface area contributed by atoms with Gasteiger partial charge < -0.3 is 24.4 Å². The van der Waals surface area contributed by atoms with Crippen molar-refractivity contribution in [3.8, 4) is 0 Å². The minimum atomic E-state index is -3.07. The Morgan fingerprint density at radius 3 is 1.34 bits per heavy atom. The van der Waals surface area contributed by atoms with Gasteiger partial charge in [0.15, 0.2) is 0 Å². The van der Waals surface area contributed by atoms with Crippen molar-refractivity contribution in [1.29, 1.82) is 0 Å². The van der Waals surface area contributed by atoms with Crippen LogP contribution in [0.2, 0.25) is 0 Å². The molecule has 6 atom stereocenters. The molecular formula is C23H49NO7S. The maximum Gasteiger partial charge on any atom is 0.208 e. The van der Waals surface area contributed by atoms with Gasteiger partial charge in [0.2, 0.25) is 10.0 Å². The lowest BCUT2D eigenvalue weighted by molar-refractivity contribution is -0.0633. The van der Waals surface area contributed by atoms with Crippen LogP contribution in [0, 0.1) is 0 Å². The standard InChI is InChI=1S/C8H17NO3S.2C7H14O2.CH4/c1-7-4-3-5-8(12-7)6-9-13(2,10)11;2*1-6-3-2-4-7(5-8)9-6;/h7-9H,3-6H2,1-2H3;2*6-8H,2-5H2,1H3;1H4. The number of aliphatic hydroxyl groups excluding tert-OH is 2. The minimum Gasteiger partial charge on any atom is -0.394 e. The molecule has 3 heterocycles. The summed E-state index contributed by atoms with van der Waals surface area (Å²) >= 11 is 0. The molecule has 0 saturated carbocycles.